The number of hydrogen-bond acceptors (Lipinski definition) is 1. The molecule has 0 unspecified atom stereocenters. The summed E-state index contributed by atoms with van der Waals surface area (Å²) in [5.74, 6) is 0.158. The van der Waals surface area contributed by atoms with Gasteiger partial charge in [-0.3, -0.25) is 4.79 Å². The maximum absolute atomic E-state index is 12.7. The Balaban J connectivity index is 2.32. The molecule has 1 amide bonds. The summed E-state index contributed by atoms with van der Waals surface area (Å²) in [4.78, 5) is 14.7. The second kappa shape index (κ2) is 5.43. The number of rotatable bonds is 1. The van der Waals surface area contributed by atoms with Crippen molar-refractivity contribution in [2.75, 3.05) is 0 Å². The molecule has 2 atom stereocenters. The zero-order chi connectivity index (χ0) is 13.3. The number of benzene rings is 1. The number of carbonyl (C=O) groups excluding carboxylic acids is 1. The van der Waals surface area contributed by atoms with Gasteiger partial charge in [0.05, 0.1) is 5.56 Å². The minimum absolute atomic E-state index is 0.158. The molecule has 0 spiro atoms. The number of halogens is 1. The van der Waals surface area contributed by atoms with Crippen LogP contribution in [0.3, 0.4) is 0 Å². The van der Waals surface area contributed by atoms with Crippen LogP contribution in [0.25, 0.3) is 0 Å². The van der Waals surface area contributed by atoms with Gasteiger partial charge in [0.25, 0.3) is 5.91 Å². The van der Waals surface area contributed by atoms with Gasteiger partial charge in [-0.25, -0.2) is 0 Å². The summed E-state index contributed by atoms with van der Waals surface area (Å²) < 4.78 is 0.892. The van der Waals surface area contributed by atoms with Crippen molar-refractivity contribution in [2.45, 2.75) is 52.1 Å². The zero-order valence-electron chi connectivity index (χ0n) is 11.2. The average molecular weight is 310 g/mol. The number of aryl methyl sites for hydroxylation is 1. The minimum Gasteiger partial charge on any atom is -0.333 e. The molecule has 0 saturated carbocycles. The van der Waals surface area contributed by atoms with Crippen LogP contribution in [0, 0.1) is 6.92 Å². The van der Waals surface area contributed by atoms with Crippen molar-refractivity contribution >= 4 is 21.8 Å². The van der Waals surface area contributed by atoms with Crippen molar-refractivity contribution < 1.29 is 4.79 Å². The summed E-state index contributed by atoms with van der Waals surface area (Å²) in [6, 6.07) is 6.63. The van der Waals surface area contributed by atoms with Gasteiger partial charge in [-0.05, 0) is 68.1 Å². The first-order valence-electron chi connectivity index (χ1n) is 6.59. The molecule has 1 aromatic carbocycles. The Hall–Kier alpha value is -0.830. The predicted molar refractivity (Wildman–Crippen MR) is 77.8 cm³/mol. The monoisotopic (exact) mass is 309 g/mol. The van der Waals surface area contributed by atoms with Crippen molar-refractivity contribution in [1.82, 2.24) is 4.90 Å². The van der Waals surface area contributed by atoms with Gasteiger partial charge in [-0.2, -0.15) is 0 Å². The van der Waals surface area contributed by atoms with Gasteiger partial charge in [-0.15, -0.1) is 0 Å². The normalized spacial score (nSPS) is 24.1. The summed E-state index contributed by atoms with van der Waals surface area (Å²) in [7, 11) is 0. The fourth-order valence-corrected chi connectivity index (χ4v) is 3.18. The number of likely N-dealkylation sites (tertiary alicyclic amines) is 1. The van der Waals surface area contributed by atoms with E-state index in [4.69, 9.17) is 0 Å². The van der Waals surface area contributed by atoms with E-state index in [1.165, 1.54) is 6.42 Å². The lowest BCUT2D eigenvalue weighted by atomic mass is 9.96. The molecular formula is C15H20BrNO. The van der Waals surface area contributed by atoms with Crippen molar-refractivity contribution in [1.29, 1.82) is 0 Å². The maximum atomic E-state index is 12.7. The van der Waals surface area contributed by atoms with Crippen LogP contribution in [0.5, 0.6) is 0 Å². The van der Waals surface area contributed by atoms with E-state index in [1.807, 2.05) is 30.0 Å². The van der Waals surface area contributed by atoms with Crippen LogP contribution in [-0.2, 0) is 0 Å². The number of piperidine rings is 1. The molecule has 0 radical (unpaired) electrons. The van der Waals surface area contributed by atoms with Crippen LogP contribution in [0.15, 0.2) is 22.7 Å². The highest BCUT2D eigenvalue weighted by Gasteiger charge is 2.30. The predicted octanol–water partition coefficient (Wildman–Crippen LogP) is 4.16. The lowest BCUT2D eigenvalue weighted by Crippen LogP contribution is -2.47. The van der Waals surface area contributed by atoms with E-state index in [2.05, 4.69) is 29.8 Å². The molecule has 2 rings (SSSR count). The summed E-state index contributed by atoms with van der Waals surface area (Å²) in [5.41, 5.74) is 1.91. The van der Waals surface area contributed by atoms with Crippen molar-refractivity contribution in [3.63, 3.8) is 0 Å². The highest BCUT2D eigenvalue weighted by atomic mass is 79.9. The largest absolute Gasteiger partial charge is 0.333 e. The van der Waals surface area contributed by atoms with Crippen LogP contribution in [0.2, 0.25) is 0 Å². The Morgan fingerprint density at radius 2 is 1.89 bits per heavy atom. The Morgan fingerprint density at radius 3 is 2.50 bits per heavy atom. The molecule has 2 nitrogen and oxygen atoms in total. The second-order valence-electron chi connectivity index (χ2n) is 5.32. The first-order valence-corrected chi connectivity index (χ1v) is 7.39. The third kappa shape index (κ3) is 2.61. The molecule has 1 heterocycles. The summed E-state index contributed by atoms with van der Waals surface area (Å²) in [6.07, 6.45) is 3.44. The van der Waals surface area contributed by atoms with E-state index in [0.717, 1.165) is 28.4 Å². The van der Waals surface area contributed by atoms with E-state index in [1.54, 1.807) is 0 Å². The van der Waals surface area contributed by atoms with E-state index >= 15 is 0 Å². The lowest BCUT2D eigenvalue weighted by molar-refractivity contribution is 0.0509. The van der Waals surface area contributed by atoms with Crippen molar-refractivity contribution in [3.8, 4) is 0 Å². The fraction of sp³-hybridized carbons (Fsp3) is 0.533. The first-order chi connectivity index (χ1) is 8.50. The molecule has 0 aliphatic carbocycles. The average Bonchev–Trinajstić information content (AvgIpc) is 2.32. The highest BCUT2D eigenvalue weighted by molar-refractivity contribution is 9.10. The molecule has 0 N–H and O–H groups in total. The Morgan fingerprint density at radius 1 is 1.28 bits per heavy atom. The molecule has 1 aliphatic rings. The Kier molecular flexibility index (Phi) is 4.10. The maximum Gasteiger partial charge on any atom is 0.255 e. The molecule has 0 aromatic heterocycles. The third-order valence-corrected chi connectivity index (χ3v) is 4.47. The Bertz CT molecular complexity index is 448. The smallest absolute Gasteiger partial charge is 0.255 e. The van der Waals surface area contributed by atoms with Gasteiger partial charge in [0, 0.05) is 16.6 Å². The second-order valence-corrected chi connectivity index (χ2v) is 6.18. The molecule has 0 bridgehead atoms. The zero-order valence-corrected chi connectivity index (χ0v) is 12.8. The van der Waals surface area contributed by atoms with Crippen molar-refractivity contribution in [2.24, 2.45) is 0 Å². The van der Waals surface area contributed by atoms with Gasteiger partial charge in [0.1, 0.15) is 0 Å². The van der Waals surface area contributed by atoms with E-state index in [-0.39, 0.29) is 5.91 Å². The van der Waals surface area contributed by atoms with Crippen LogP contribution in [0.4, 0.5) is 0 Å². The highest BCUT2D eigenvalue weighted by Crippen LogP contribution is 2.27. The standard InChI is InChI=1S/C15H20BrNO/c1-10-7-8-14(16)13(9-10)15(18)17-11(2)5-4-6-12(17)3/h7-9,11-12H,4-6H2,1-3H3/t11-,12+. The van der Waals surface area contributed by atoms with Gasteiger partial charge in [-0.1, -0.05) is 11.6 Å². The van der Waals surface area contributed by atoms with E-state index < -0.39 is 0 Å². The first kappa shape index (κ1) is 13.6. The summed E-state index contributed by atoms with van der Waals surface area (Å²) in [6.45, 7) is 6.32. The minimum atomic E-state index is 0.158. The quantitative estimate of drug-likeness (QED) is 0.762. The SMILES string of the molecule is Cc1ccc(Br)c(C(=O)N2[C@H](C)CCC[C@@H]2C)c1. The summed E-state index contributed by atoms with van der Waals surface area (Å²) >= 11 is 3.49. The van der Waals surface area contributed by atoms with Crippen molar-refractivity contribution in [3.05, 3.63) is 33.8 Å². The summed E-state index contributed by atoms with van der Waals surface area (Å²) in [5, 5.41) is 0. The molecule has 98 valence electrons. The van der Waals surface area contributed by atoms with Crippen LogP contribution < -0.4 is 0 Å². The molecule has 1 fully saturated rings. The fourth-order valence-electron chi connectivity index (χ4n) is 2.76. The van der Waals surface area contributed by atoms with Gasteiger partial charge >= 0.3 is 0 Å². The molecule has 1 aliphatic heterocycles. The van der Waals surface area contributed by atoms with E-state index in [9.17, 15) is 4.79 Å². The lowest BCUT2D eigenvalue weighted by Gasteiger charge is -2.39. The number of carbonyl (C=O) groups is 1. The molecule has 1 saturated heterocycles. The third-order valence-electron chi connectivity index (χ3n) is 3.78. The Labute approximate surface area is 117 Å². The van der Waals surface area contributed by atoms with Crippen LogP contribution >= 0.6 is 15.9 Å². The topological polar surface area (TPSA) is 20.3 Å². The van der Waals surface area contributed by atoms with Crippen LogP contribution in [-0.4, -0.2) is 22.9 Å². The van der Waals surface area contributed by atoms with E-state index in [0.29, 0.717) is 12.1 Å². The van der Waals surface area contributed by atoms with Gasteiger partial charge in [0.2, 0.25) is 0 Å². The molecule has 18 heavy (non-hydrogen) atoms. The number of nitrogens with zero attached hydrogens (tertiary/aromatic N) is 1. The van der Waals surface area contributed by atoms with Gasteiger partial charge < -0.3 is 4.90 Å². The number of amides is 1. The molecule has 3 heteroatoms. The number of hydrogen-bond donors (Lipinski definition) is 0. The molecular weight excluding hydrogens is 290 g/mol. The van der Waals surface area contributed by atoms with Crippen LogP contribution in [0.1, 0.15) is 49.0 Å². The molecule has 1 aromatic rings. The van der Waals surface area contributed by atoms with Gasteiger partial charge in [0.15, 0.2) is 0 Å².